The zero-order valence-electron chi connectivity index (χ0n) is 20.8. The summed E-state index contributed by atoms with van der Waals surface area (Å²) >= 11 is 3.34. The molecular formula is C30H31NO3S2. The molecule has 0 atom stereocenters. The minimum atomic E-state index is 0.0234. The van der Waals surface area contributed by atoms with Gasteiger partial charge in [-0.3, -0.25) is 9.69 Å². The molecule has 1 aliphatic heterocycles. The molecule has 1 aliphatic rings. The Morgan fingerprint density at radius 2 is 1.67 bits per heavy atom. The summed E-state index contributed by atoms with van der Waals surface area (Å²) in [6.07, 6.45) is 5.97. The normalized spacial score (nSPS) is 14.2. The Balaban J connectivity index is 1.40. The van der Waals surface area contributed by atoms with Gasteiger partial charge in [0.2, 0.25) is 0 Å². The van der Waals surface area contributed by atoms with Crippen LogP contribution in [-0.4, -0.2) is 50.3 Å². The Morgan fingerprint density at radius 1 is 0.944 bits per heavy atom. The Bertz CT molecular complexity index is 1320. The third kappa shape index (κ3) is 5.46. The fourth-order valence-electron chi connectivity index (χ4n) is 4.70. The molecule has 0 unspecified atom stereocenters. The number of ketones is 1. The van der Waals surface area contributed by atoms with Crippen molar-refractivity contribution in [3.8, 4) is 21.9 Å². The molecule has 0 spiro atoms. The topological polar surface area (TPSA) is 38.8 Å². The molecule has 4 nitrogen and oxygen atoms in total. The van der Waals surface area contributed by atoms with Gasteiger partial charge in [-0.2, -0.15) is 0 Å². The highest BCUT2D eigenvalue weighted by atomic mass is 32.2. The molecule has 0 N–H and O–H groups in total. The SMILES string of the molecule is COc1ccc2c(C(=O)c3ccc(OCCN4CCCCC4)cc3)c(-c3ccc(SC)cc3)sc2c1. The third-order valence-corrected chi connectivity index (χ3v) is 8.66. The van der Waals surface area contributed by atoms with E-state index in [9.17, 15) is 4.79 Å². The minimum Gasteiger partial charge on any atom is -0.497 e. The predicted octanol–water partition coefficient (Wildman–Crippen LogP) is 7.39. The molecule has 0 amide bonds. The number of nitrogens with zero attached hydrogens (tertiary/aromatic N) is 1. The maximum Gasteiger partial charge on any atom is 0.195 e. The Morgan fingerprint density at radius 3 is 2.36 bits per heavy atom. The number of likely N-dealkylation sites (tertiary alicyclic amines) is 1. The first-order chi connectivity index (χ1) is 17.7. The van der Waals surface area contributed by atoms with Gasteiger partial charge in [-0.25, -0.2) is 0 Å². The lowest BCUT2D eigenvalue weighted by atomic mass is 9.97. The number of rotatable bonds is 9. The van der Waals surface area contributed by atoms with E-state index in [4.69, 9.17) is 9.47 Å². The molecule has 4 aromatic rings. The van der Waals surface area contributed by atoms with Crippen LogP contribution in [0.2, 0.25) is 0 Å². The van der Waals surface area contributed by atoms with Crippen molar-refractivity contribution in [3.63, 3.8) is 0 Å². The number of fused-ring (bicyclic) bond motifs is 1. The zero-order valence-corrected chi connectivity index (χ0v) is 22.4. The van der Waals surface area contributed by atoms with E-state index in [2.05, 4.69) is 35.4 Å². The van der Waals surface area contributed by atoms with Crippen LogP contribution in [0, 0.1) is 0 Å². The third-order valence-electron chi connectivity index (χ3n) is 6.72. The summed E-state index contributed by atoms with van der Waals surface area (Å²) < 4.78 is 12.5. The van der Waals surface area contributed by atoms with Gasteiger partial charge in [0, 0.05) is 37.5 Å². The molecule has 6 heteroatoms. The van der Waals surface area contributed by atoms with Crippen molar-refractivity contribution in [2.75, 3.05) is 39.6 Å². The van der Waals surface area contributed by atoms with E-state index in [-0.39, 0.29) is 5.78 Å². The lowest BCUT2D eigenvalue weighted by molar-refractivity contribution is 0.104. The van der Waals surface area contributed by atoms with E-state index < -0.39 is 0 Å². The number of thiophene rings is 1. The van der Waals surface area contributed by atoms with Gasteiger partial charge >= 0.3 is 0 Å². The van der Waals surface area contributed by atoms with Gasteiger partial charge in [0.05, 0.1) is 7.11 Å². The van der Waals surface area contributed by atoms with Gasteiger partial charge in [-0.1, -0.05) is 18.6 Å². The standard InChI is InChI=1S/C30H31NO3S2/c1-33-24-12-15-26-27(20-24)36-30(22-8-13-25(35-2)14-9-22)28(26)29(32)21-6-10-23(11-7-21)34-19-18-31-16-4-3-5-17-31/h6-15,20H,3-5,16-19H2,1-2H3. The van der Waals surface area contributed by atoms with Crippen LogP contribution in [0.5, 0.6) is 11.5 Å². The maximum absolute atomic E-state index is 13.8. The molecule has 1 saturated heterocycles. The summed E-state index contributed by atoms with van der Waals surface area (Å²) in [4.78, 5) is 18.5. The molecular weight excluding hydrogens is 486 g/mol. The number of carbonyl (C=O) groups excluding carboxylic acids is 1. The van der Waals surface area contributed by atoms with Gasteiger partial charge in [-0.15, -0.1) is 23.1 Å². The maximum atomic E-state index is 13.8. The monoisotopic (exact) mass is 517 g/mol. The predicted molar refractivity (Wildman–Crippen MR) is 151 cm³/mol. The van der Waals surface area contributed by atoms with Crippen molar-refractivity contribution >= 4 is 39.0 Å². The quantitative estimate of drug-likeness (QED) is 0.171. The van der Waals surface area contributed by atoms with Crippen molar-refractivity contribution in [1.29, 1.82) is 0 Å². The van der Waals surface area contributed by atoms with E-state index in [1.54, 1.807) is 30.2 Å². The number of benzene rings is 3. The fourth-order valence-corrected chi connectivity index (χ4v) is 6.34. The number of thioether (sulfide) groups is 1. The summed E-state index contributed by atoms with van der Waals surface area (Å²) in [5.74, 6) is 1.62. The first-order valence-corrected chi connectivity index (χ1v) is 14.5. The lowest BCUT2D eigenvalue weighted by Crippen LogP contribution is -2.33. The van der Waals surface area contributed by atoms with Crippen LogP contribution < -0.4 is 9.47 Å². The number of ether oxygens (including phenoxy) is 2. The Labute approximate surface area is 221 Å². The number of hydrogen-bond donors (Lipinski definition) is 0. The lowest BCUT2D eigenvalue weighted by Gasteiger charge is -2.26. The minimum absolute atomic E-state index is 0.0234. The summed E-state index contributed by atoms with van der Waals surface area (Å²) in [5.41, 5.74) is 2.46. The van der Waals surface area contributed by atoms with Crippen LogP contribution in [0.15, 0.2) is 71.6 Å². The molecule has 0 bridgehead atoms. The van der Waals surface area contributed by atoms with Gasteiger partial charge < -0.3 is 9.47 Å². The fraction of sp³-hybridized carbons (Fsp3) is 0.300. The Kier molecular flexibility index (Phi) is 7.95. The molecule has 0 radical (unpaired) electrons. The number of hydrogen-bond acceptors (Lipinski definition) is 6. The van der Waals surface area contributed by atoms with Crippen molar-refractivity contribution < 1.29 is 14.3 Å². The average Bonchev–Trinajstić information content (AvgIpc) is 3.32. The van der Waals surface area contributed by atoms with E-state index in [0.29, 0.717) is 12.2 Å². The van der Waals surface area contributed by atoms with Crippen molar-refractivity contribution in [2.45, 2.75) is 24.2 Å². The molecule has 2 heterocycles. The highest BCUT2D eigenvalue weighted by Gasteiger charge is 2.22. The molecule has 0 aliphatic carbocycles. The van der Waals surface area contributed by atoms with E-state index in [1.807, 2.05) is 42.5 Å². The molecule has 3 aromatic carbocycles. The molecule has 5 rings (SSSR count). The van der Waals surface area contributed by atoms with Crippen LogP contribution >= 0.6 is 23.1 Å². The van der Waals surface area contributed by atoms with E-state index in [0.717, 1.165) is 44.1 Å². The van der Waals surface area contributed by atoms with Crippen molar-refractivity contribution in [3.05, 3.63) is 77.9 Å². The van der Waals surface area contributed by atoms with E-state index >= 15 is 0 Å². The summed E-state index contributed by atoms with van der Waals surface area (Å²) in [6, 6.07) is 21.9. The van der Waals surface area contributed by atoms with Crippen molar-refractivity contribution in [1.82, 2.24) is 4.90 Å². The smallest absolute Gasteiger partial charge is 0.195 e. The number of carbonyl (C=O) groups is 1. The summed E-state index contributed by atoms with van der Waals surface area (Å²) in [6.45, 7) is 3.95. The number of methoxy groups -OCH3 is 1. The van der Waals surface area contributed by atoms with Crippen LogP contribution in [-0.2, 0) is 0 Å². The van der Waals surface area contributed by atoms with Crippen LogP contribution in [0.3, 0.4) is 0 Å². The van der Waals surface area contributed by atoms with Crippen molar-refractivity contribution in [2.24, 2.45) is 0 Å². The largest absolute Gasteiger partial charge is 0.497 e. The van der Waals surface area contributed by atoms with Crippen LogP contribution in [0.1, 0.15) is 35.2 Å². The van der Waals surface area contributed by atoms with Gasteiger partial charge in [0.15, 0.2) is 5.78 Å². The second-order valence-corrected chi connectivity index (χ2v) is 10.9. The van der Waals surface area contributed by atoms with Gasteiger partial charge in [0.25, 0.3) is 0 Å². The molecule has 186 valence electrons. The van der Waals surface area contributed by atoms with Crippen LogP contribution in [0.25, 0.3) is 20.5 Å². The highest BCUT2D eigenvalue weighted by Crippen LogP contribution is 2.41. The molecule has 0 saturated carbocycles. The molecule has 36 heavy (non-hydrogen) atoms. The zero-order chi connectivity index (χ0) is 24.9. The molecule has 1 aromatic heterocycles. The number of piperidine rings is 1. The summed E-state index contributed by atoms with van der Waals surface area (Å²) in [7, 11) is 1.67. The van der Waals surface area contributed by atoms with Gasteiger partial charge in [0.1, 0.15) is 18.1 Å². The molecule has 1 fully saturated rings. The first-order valence-electron chi connectivity index (χ1n) is 12.4. The second-order valence-electron chi connectivity index (χ2n) is 9.00. The Hall–Kier alpha value is -2.80. The van der Waals surface area contributed by atoms with Crippen LogP contribution in [0.4, 0.5) is 0 Å². The van der Waals surface area contributed by atoms with E-state index in [1.165, 1.54) is 37.2 Å². The van der Waals surface area contributed by atoms with Gasteiger partial charge in [-0.05, 0) is 92.3 Å². The summed E-state index contributed by atoms with van der Waals surface area (Å²) in [5, 5.41) is 0.955. The average molecular weight is 518 g/mol. The highest BCUT2D eigenvalue weighted by molar-refractivity contribution is 7.98. The first kappa shape index (κ1) is 24.9. The second kappa shape index (κ2) is 11.5.